The molecule has 0 aliphatic carbocycles. The predicted molar refractivity (Wildman–Crippen MR) is 104 cm³/mol. The molecule has 1 saturated heterocycles. The fraction of sp³-hybridized carbons (Fsp3) is 0.381. The van der Waals surface area contributed by atoms with Crippen LogP contribution in [0.3, 0.4) is 0 Å². The van der Waals surface area contributed by atoms with Gasteiger partial charge < -0.3 is 19.7 Å². The number of hydrogen-bond donors (Lipinski definition) is 1. The summed E-state index contributed by atoms with van der Waals surface area (Å²) in [5, 5.41) is 3.05. The largest absolute Gasteiger partial charge is 0.454 e. The second kappa shape index (κ2) is 7.48. The van der Waals surface area contributed by atoms with Gasteiger partial charge >= 0.3 is 6.03 Å². The van der Waals surface area contributed by atoms with E-state index < -0.39 is 0 Å². The third kappa shape index (κ3) is 4.01. The van der Waals surface area contributed by atoms with E-state index in [0.717, 1.165) is 61.0 Å². The van der Waals surface area contributed by atoms with Crippen molar-refractivity contribution in [2.24, 2.45) is 0 Å². The average molecular weight is 367 g/mol. The Hall–Kier alpha value is -2.73. The molecule has 1 N–H and O–H groups in total. The van der Waals surface area contributed by atoms with Crippen molar-refractivity contribution < 1.29 is 14.3 Å². The van der Waals surface area contributed by atoms with E-state index in [9.17, 15) is 4.79 Å². The zero-order valence-electron chi connectivity index (χ0n) is 15.8. The van der Waals surface area contributed by atoms with Gasteiger partial charge in [0.05, 0.1) is 0 Å². The lowest BCUT2D eigenvalue weighted by molar-refractivity contribution is 0.143. The number of carbonyl (C=O) groups excluding carboxylic acids is 1. The zero-order valence-corrected chi connectivity index (χ0v) is 15.8. The summed E-state index contributed by atoms with van der Waals surface area (Å²) in [6.07, 6.45) is 0. The molecule has 0 saturated carbocycles. The monoisotopic (exact) mass is 367 g/mol. The van der Waals surface area contributed by atoms with Gasteiger partial charge in [0.25, 0.3) is 0 Å². The van der Waals surface area contributed by atoms with Gasteiger partial charge in [-0.25, -0.2) is 4.79 Å². The Balaban J connectivity index is 1.30. The van der Waals surface area contributed by atoms with Crippen LogP contribution in [0.25, 0.3) is 0 Å². The fourth-order valence-corrected chi connectivity index (χ4v) is 3.47. The highest BCUT2D eigenvalue weighted by molar-refractivity contribution is 5.90. The molecular weight excluding hydrogens is 342 g/mol. The van der Waals surface area contributed by atoms with E-state index in [2.05, 4.69) is 22.3 Å². The Kier molecular flexibility index (Phi) is 4.90. The van der Waals surface area contributed by atoms with Crippen LogP contribution in [-0.2, 0) is 6.54 Å². The normalized spacial score (nSPS) is 16.4. The highest BCUT2D eigenvalue weighted by atomic mass is 16.7. The van der Waals surface area contributed by atoms with Crippen LogP contribution in [0.15, 0.2) is 36.4 Å². The molecular formula is C21H25N3O3. The molecule has 2 heterocycles. The first-order chi connectivity index (χ1) is 13.1. The van der Waals surface area contributed by atoms with Crippen LogP contribution in [0, 0.1) is 13.8 Å². The van der Waals surface area contributed by atoms with E-state index in [0.29, 0.717) is 6.79 Å². The number of piperazine rings is 1. The third-order valence-corrected chi connectivity index (χ3v) is 5.14. The number of aryl methyl sites for hydroxylation is 2. The first-order valence-corrected chi connectivity index (χ1v) is 9.32. The quantitative estimate of drug-likeness (QED) is 0.904. The van der Waals surface area contributed by atoms with Gasteiger partial charge in [0.1, 0.15) is 0 Å². The van der Waals surface area contributed by atoms with Gasteiger partial charge in [-0.3, -0.25) is 4.90 Å². The van der Waals surface area contributed by atoms with Crippen LogP contribution in [0.5, 0.6) is 11.5 Å². The lowest BCUT2D eigenvalue weighted by Crippen LogP contribution is -2.49. The minimum Gasteiger partial charge on any atom is -0.454 e. The number of nitrogens with zero attached hydrogens (tertiary/aromatic N) is 2. The standard InChI is InChI=1S/C21H25N3O3/c1-15-3-4-16(2)18(11-15)22-21(25)24-9-7-23(8-10-24)13-17-5-6-19-20(12-17)27-14-26-19/h3-6,11-12H,7-10,13-14H2,1-2H3,(H,22,25). The highest BCUT2D eigenvalue weighted by Crippen LogP contribution is 2.32. The van der Waals surface area contributed by atoms with Crippen molar-refractivity contribution >= 4 is 11.7 Å². The number of urea groups is 1. The van der Waals surface area contributed by atoms with Gasteiger partial charge in [0, 0.05) is 38.4 Å². The summed E-state index contributed by atoms with van der Waals surface area (Å²) in [5.74, 6) is 1.63. The van der Waals surface area contributed by atoms with E-state index in [1.54, 1.807) is 0 Å². The molecule has 0 radical (unpaired) electrons. The molecule has 2 aromatic carbocycles. The number of anilines is 1. The number of carbonyl (C=O) groups is 1. The SMILES string of the molecule is Cc1ccc(C)c(NC(=O)N2CCN(Cc3ccc4c(c3)OCO4)CC2)c1. The summed E-state index contributed by atoms with van der Waals surface area (Å²) >= 11 is 0. The number of fused-ring (bicyclic) bond motifs is 1. The molecule has 2 amide bonds. The Morgan fingerprint density at radius 3 is 2.59 bits per heavy atom. The molecule has 2 aliphatic heterocycles. The van der Waals surface area contributed by atoms with Crippen molar-refractivity contribution in [1.29, 1.82) is 0 Å². The summed E-state index contributed by atoms with van der Waals surface area (Å²) in [5.41, 5.74) is 4.31. The second-order valence-electron chi connectivity index (χ2n) is 7.20. The van der Waals surface area contributed by atoms with Crippen LogP contribution >= 0.6 is 0 Å². The number of hydrogen-bond acceptors (Lipinski definition) is 4. The number of amides is 2. The smallest absolute Gasteiger partial charge is 0.321 e. The van der Waals surface area contributed by atoms with Crippen LogP contribution < -0.4 is 14.8 Å². The first kappa shape index (κ1) is 17.7. The van der Waals surface area contributed by atoms with Crippen LogP contribution in [-0.4, -0.2) is 48.8 Å². The van der Waals surface area contributed by atoms with Gasteiger partial charge in [0.15, 0.2) is 11.5 Å². The molecule has 0 aromatic heterocycles. The molecule has 0 unspecified atom stereocenters. The van der Waals surface area contributed by atoms with Crippen LogP contribution in [0.4, 0.5) is 10.5 Å². The van der Waals surface area contributed by atoms with Gasteiger partial charge in [-0.1, -0.05) is 18.2 Å². The van der Waals surface area contributed by atoms with E-state index in [-0.39, 0.29) is 6.03 Å². The fourth-order valence-electron chi connectivity index (χ4n) is 3.47. The maximum atomic E-state index is 12.6. The Morgan fingerprint density at radius 1 is 1.00 bits per heavy atom. The van der Waals surface area contributed by atoms with Crippen molar-refractivity contribution in [1.82, 2.24) is 9.80 Å². The molecule has 2 aromatic rings. The number of nitrogens with one attached hydrogen (secondary N) is 1. The van der Waals surface area contributed by atoms with Crippen molar-refractivity contribution in [2.45, 2.75) is 20.4 Å². The molecule has 0 spiro atoms. The van der Waals surface area contributed by atoms with Gasteiger partial charge in [-0.05, 0) is 48.7 Å². The van der Waals surface area contributed by atoms with Gasteiger partial charge in [-0.2, -0.15) is 0 Å². The molecule has 6 heteroatoms. The lowest BCUT2D eigenvalue weighted by atomic mass is 10.1. The molecule has 0 bridgehead atoms. The van der Waals surface area contributed by atoms with Crippen molar-refractivity contribution in [3.63, 3.8) is 0 Å². The minimum atomic E-state index is -0.0218. The Bertz CT molecular complexity index is 845. The van der Waals surface area contributed by atoms with Gasteiger partial charge in [0.2, 0.25) is 6.79 Å². The number of ether oxygens (including phenoxy) is 2. The van der Waals surface area contributed by atoms with E-state index in [4.69, 9.17) is 9.47 Å². The van der Waals surface area contributed by atoms with E-state index >= 15 is 0 Å². The van der Waals surface area contributed by atoms with Crippen LogP contribution in [0.1, 0.15) is 16.7 Å². The molecule has 27 heavy (non-hydrogen) atoms. The topological polar surface area (TPSA) is 54.0 Å². The maximum Gasteiger partial charge on any atom is 0.321 e. The molecule has 0 atom stereocenters. The zero-order chi connectivity index (χ0) is 18.8. The summed E-state index contributed by atoms with van der Waals surface area (Å²) in [6.45, 7) is 8.35. The van der Waals surface area contributed by atoms with E-state index in [1.807, 2.05) is 43.0 Å². The maximum absolute atomic E-state index is 12.6. The van der Waals surface area contributed by atoms with Crippen molar-refractivity contribution in [2.75, 3.05) is 38.3 Å². The summed E-state index contributed by atoms with van der Waals surface area (Å²) < 4.78 is 10.8. The Labute approximate surface area is 159 Å². The summed E-state index contributed by atoms with van der Waals surface area (Å²) in [6, 6.07) is 12.2. The second-order valence-corrected chi connectivity index (χ2v) is 7.20. The predicted octanol–water partition coefficient (Wildman–Crippen LogP) is 3.38. The van der Waals surface area contributed by atoms with Crippen LogP contribution in [0.2, 0.25) is 0 Å². The highest BCUT2D eigenvalue weighted by Gasteiger charge is 2.22. The number of benzene rings is 2. The molecule has 4 rings (SSSR count). The summed E-state index contributed by atoms with van der Waals surface area (Å²) in [4.78, 5) is 16.8. The molecule has 6 nitrogen and oxygen atoms in total. The average Bonchev–Trinajstić information content (AvgIpc) is 3.13. The van der Waals surface area contributed by atoms with Crippen molar-refractivity contribution in [3.05, 3.63) is 53.1 Å². The lowest BCUT2D eigenvalue weighted by Gasteiger charge is -2.34. The summed E-state index contributed by atoms with van der Waals surface area (Å²) in [7, 11) is 0. The Morgan fingerprint density at radius 2 is 1.78 bits per heavy atom. The first-order valence-electron chi connectivity index (χ1n) is 9.32. The van der Waals surface area contributed by atoms with Gasteiger partial charge in [-0.15, -0.1) is 0 Å². The van der Waals surface area contributed by atoms with E-state index in [1.165, 1.54) is 5.56 Å². The third-order valence-electron chi connectivity index (χ3n) is 5.14. The van der Waals surface area contributed by atoms with Crippen molar-refractivity contribution in [3.8, 4) is 11.5 Å². The minimum absolute atomic E-state index is 0.0218. The molecule has 142 valence electrons. The molecule has 1 fully saturated rings. The molecule has 2 aliphatic rings. The number of rotatable bonds is 3.